The third-order valence-electron chi connectivity index (χ3n) is 3.73. The summed E-state index contributed by atoms with van der Waals surface area (Å²) in [7, 11) is 0. The lowest BCUT2D eigenvalue weighted by atomic mass is 10.0. The van der Waals surface area contributed by atoms with Gasteiger partial charge in [-0.05, 0) is 41.6 Å². The summed E-state index contributed by atoms with van der Waals surface area (Å²) >= 11 is 7.45. The number of hydrogen-bond donors (Lipinski definition) is 1. The molecule has 0 bridgehead atoms. The van der Waals surface area contributed by atoms with E-state index < -0.39 is 0 Å². The standard InChI is InChI=1S/C19H12ClN3OS/c20-13-7-8-15-14(11-13)16(12-5-2-1-3-6-12)17(18(24)23-15)25-19-21-9-4-10-22-19/h1-11H,(H,23,24). The Labute approximate surface area is 152 Å². The van der Waals surface area contributed by atoms with Gasteiger partial charge in [0.25, 0.3) is 5.56 Å². The summed E-state index contributed by atoms with van der Waals surface area (Å²) in [6.07, 6.45) is 3.31. The van der Waals surface area contributed by atoms with Crippen molar-refractivity contribution >= 4 is 34.3 Å². The zero-order valence-corrected chi connectivity index (χ0v) is 14.5. The molecule has 122 valence electrons. The van der Waals surface area contributed by atoms with E-state index in [0.29, 0.717) is 15.1 Å². The molecule has 4 nitrogen and oxygen atoms in total. The number of benzene rings is 2. The molecule has 4 rings (SSSR count). The van der Waals surface area contributed by atoms with E-state index in [0.717, 1.165) is 22.0 Å². The van der Waals surface area contributed by atoms with Crippen LogP contribution in [-0.4, -0.2) is 15.0 Å². The Balaban J connectivity index is 2.04. The first-order valence-electron chi connectivity index (χ1n) is 7.58. The number of nitrogens with zero attached hydrogens (tertiary/aromatic N) is 2. The number of pyridine rings is 1. The van der Waals surface area contributed by atoms with Crippen LogP contribution in [0.1, 0.15) is 0 Å². The summed E-state index contributed by atoms with van der Waals surface area (Å²) in [4.78, 5) is 24.7. The molecule has 0 atom stereocenters. The number of hydrogen-bond acceptors (Lipinski definition) is 4. The first-order chi connectivity index (χ1) is 12.2. The summed E-state index contributed by atoms with van der Waals surface area (Å²) in [5, 5.41) is 2.02. The lowest BCUT2D eigenvalue weighted by Gasteiger charge is -2.12. The smallest absolute Gasteiger partial charge is 0.263 e. The van der Waals surface area contributed by atoms with Crippen LogP contribution in [0.3, 0.4) is 0 Å². The van der Waals surface area contributed by atoms with Crippen molar-refractivity contribution in [2.75, 3.05) is 0 Å². The molecule has 2 heterocycles. The molecule has 0 unspecified atom stereocenters. The van der Waals surface area contributed by atoms with Gasteiger partial charge in [-0.15, -0.1) is 0 Å². The van der Waals surface area contributed by atoms with Gasteiger partial charge in [0.05, 0.1) is 4.90 Å². The number of nitrogens with one attached hydrogen (secondary N) is 1. The van der Waals surface area contributed by atoms with Crippen LogP contribution in [0.4, 0.5) is 0 Å². The molecule has 0 spiro atoms. The van der Waals surface area contributed by atoms with E-state index in [2.05, 4.69) is 15.0 Å². The fourth-order valence-corrected chi connectivity index (χ4v) is 3.72. The summed E-state index contributed by atoms with van der Waals surface area (Å²) < 4.78 is 0. The Morgan fingerprint density at radius 3 is 2.48 bits per heavy atom. The zero-order valence-electron chi connectivity index (χ0n) is 12.9. The van der Waals surface area contributed by atoms with Gasteiger partial charge in [0.15, 0.2) is 5.16 Å². The van der Waals surface area contributed by atoms with Crippen molar-refractivity contribution in [3.8, 4) is 11.1 Å². The fraction of sp³-hybridized carbons (Fsp3) is 0. The average Bonchev–Trinajstić information content (AvgIpc) is 2.64. The molecule has 0 amide bonds. The SMILES string of the molecule is O=c1[nH]c2ccc(Cl)cc2c(-c2ccccc2)c1Sc1ncccn1. The molecule has 2 aromatic heterocycles. The summed E-state index contributed by atoms with van der Waals surface area (Å²) in [5.41, 5.74) is 2.34. The molecule has 0 aliphatic carbocycles. The maximum absolute atomic E-state index is 12.8. The minimum Gasteiger partial charge on any atom is -0.321 e. The highest BCUT2D eigenvalue weighted by molar-refractivity contribution is 7.99. The normalized spacial score (nSPS) is 10.9. The molecule has 25 heavy (non-hydrogen) atoms. The van der Waals surface area contributed by atoms with Crippen molar-refractivity contribution in [3.63, 3.8) is 0 Å². The average molecular weight is 366 g/mol. The first kappa shape index (κ1) is 15.9. The van der Waals surface area contributed by atoms with Gasteiger partial charge in [0.2, 0.25) is 0 Å². The van der Waals surface area contributed by atoms with Crippen LogP contribution in [-0.2, 0) is 0 Å². The van der Waals surface area contributed by atoms with Crippen molar-refractivity contribution in [2.45, 2.75) is 10.1 Å². The third kappa shape index (κ3) is 3.16. The van der Waals surface area contributed by atoms with E-state index in [4.69, 9.17) is 11.6 Å². The molecule has 0 radical (unpaired) electrons. The molecule has 2 aromatic carbocycles. The van der Waals surface area contributed by atoms with Crippen molar-refractivity contribution in [1.82, 2.24) is 15.0 Å². The Hall–Kier alpha value is -2.63. The van der Waals surface area contributed by atoms with Crippen LogP contribution in [0, 0.1) is 0 Å². The van der Waals surface area contributed by atoms with Gasteiger partial charge in [-0.3, -0.25) is 4.79 Å². The lowest BCUT2D eigenvalue weighted by Crippen LogP contribution is -2.10. The Morgan fingerprint density at radius 2 is 1.72 bits per heavy atom. The molecule has 0 saturated carbocycles. The van der Waals surface area contributed by atoms with Gasteiger partial charge in [-0.1, -0.05) is 41.9 Å². The molecule has 0 aliphatic rings. The van der Waals surface area contributed by atoms with Crippen LogP contribution in [0.15, 0.2) is 81.8 Å². The molecular weight excluding hydrogens is 354 g/mol. The highest BCUT2D eigenvalue weighted by Gasteiger charge is 2.17. The minimum absolute atomic E-state index is 0.175. The lowest BCUT2D eigenvalue weighted by molar-refractivity contribution is 0.965. The minimum atomic E-state index is -0.175. The van der Waals surface area contributed by atoms with Gasteiger partial charge in [-0.25, -0.2) is 9.97 Å². The molecule has 4 aromatic rings. The largest absolute Gasteiger partial charge is 0.321 e. The fourth-order valence-electron chi connectivity index (χ4n) is 2.67. The van der Waals surface area contributed by atoms with Crippen molar-refractivity contribution in [2.24, 2.45) is 0 Å². The molecule has 6 heteroatoms. The van der Waals surface area contributed by atoms with Gasteiger partial charge in [0.1, 0.15) is 0 Å². The maximum Gasteiger partial charge on any atom is 0.263 e. The molecule has 0 fully saturated rings. The molecule has 0 aliphatic heterocycles. The number of rotatable bonds is 3. The van der Waals surface area contributed by atoms with E-state index in [-0.39, 0.29) is 5.56 Å². The zero-order chi connectivity index (χ0) is 17.2. The van der Waals surface area contributed by atoms with Crippen LogP contribution < -0.4 is 5.56 Å². The van der Waals surface area contributed by atoms with Crippen molar-refractivity contribution in [1.29, 1.82) is 0 Å². The maximum atomic E-state index is 12.8. The van der Waals surface area contributed by atoms with Gasteiger partial charge >= 0.3 is 0 Å². The number of aromatic amines is 1. The first-order valence-corrected chi connectivity index (χ1v) is 8.77. The Kier molecular flexibility index (Phi) is 4.26. The highest BCUT2D eigenvalue weighted by Crippen LogP contribution is 2.37. The monoisotopic (exact) mass is 365 g/mol. The van der Waals surface area contributed by atoms with E-state index >= 15 is 0 Å². The Morgan fingerprint density at radius 1 is 0.960 bits per heavy atom. The van der Waals surface area contributed by atoms with Gasteiger partial charge in [0, 0.05) is 33.9 Å². The van der Waals surface area contributed by atoms with Gasteiger partial charge in [-0.2, -0.15) is 0 Å². The van der Waals surface area contributed by atoms with Crippen molar-refractivity contribution < 1.29 is 0 Å². The number of halogens is 1. The van der Waals surface area contributed by atoms with E-state index in [1.165, 1.54) is 11.8 Å². The quantitative estimate of drug-likeness (QED) is 0.530. The van der Waals surface area contributed by atoms with Crippen LogP contribution >= 0.6 is 23.4 Å². The third-order valence-corrected chi connectivity index (χ3v) is 4.95. The van der Waals surface area contributed by atoms with E-state index in [1.807, 2.05) is 42.5 Å². The second-order valence-electron chi connectivity index (χ2n) is 5.35. The van der Waals surface area contributed by atoms with Crippen molar-refractivity contribution in [3.05, 3.63) is 82.4 Å². The van der Waals surface area contributed by atoms with Crippen LogP contribution in [0.2, 0.25) is 5.02 Å². The molecule has 0 saturated heterocycles. The van der Waals surface area contributed by atoms with Crippen LogP contribution in [0.5, 0.6) is 0 Å². The van der Waals surface area contributed by atoms with Crippen LogP contribution in [0.25, 0.3) is 22.0 Å². The number of fused-ring (bicyclic) bond motifs is 1. The molecular formula is C19H12ClN3OS. The van der Waals surface area contributed by atoms with E-state index in [9.17, 15) is 4.79 Å². The summed E-state index contributed by atoms with van der Waals surface area (Å²) in [6.45, 7) is 0. The summed E-state index contributed by atoms with van der Waals surface area (Å²) in [6, 6.07) is 17.0. The second-order valence-corrected chi connectivity index (χ2v) is 6.76. The van der Waals surface area contributed by atoms with E-state index in [1.54, 1.807) is 24.5 Å². The predicted molar refractivity (Wildman–Crippen MR) is 101 cm³/mol. The Bertz CT molecular complexity index is 1100. The molecule has 1 N–H and O–H groups in total. The predicted octanol–water partition coefficient (Wildman–Crippen LogP) is 4.79. The summed E-state index contributed by atoms with van der Waals surface area (Å²) in [5.74, 6) is 0. The van der Waals surface area contributed by atoms with Gasteiger partial charge < -0.3 is 4.98 Å². The second kappa shape index (κ2) is 6.70. The number of aromatic nitrogens is 3. The highest BCUT2D eigenvalue weighted by atomic mass is 35.5. The number of H-pyrrole nitrogens is 1. The topological polar surface area (TPSA) is 58.6 Å².